The van der Waals surface area contributed by atoms with Gasteiger partial charge in [-0.25, -0.2) is 4.98 Å². The molecule has 0 amide bonds. The minimum Gasteiger partial charge on any atom is -0.382 e. The van der Waals surface area contributed by atoms with Gasteiger partial charge in [0, 0.05) is 31.1 Å². The molecule has 0 aliphatic carbocycles. The van der Waals surface area contributed by atoms with Crippen molar-refractivity contribution in [2.24, 2.45) is 0 Å². The Morgan fingerprint density at radius 3 is 3.00 bits per heavy atom. The summed E-state index contributed by atoms with van der Waals surface area (Å²) in [6.07, 6.45) is 2.83. The summed E-state index contributed by atoms with van der Waals surface area (Å²) in [6.45, 7) is 6.05. The molecule has 0 saturated carbocycles. The predicted octanol–water partition coefficient (Wildman–Crippen LogP) is 1.46. The number of rotatable bonds is 9. The van der Waals surface area contributed by atoms with Gasteiger partial charge in [-0.2, -0.15) is 0 Å². The zero-order valence-corrected chi connectivity index (χ0v) is 10.8. The number of nitrogens with one attached hydrogen (secondary N) is 1. The van der Waals surface area contributed by atoms with E-state index in [4.69, 9.17) is 9.47 Å². The fourth-order valence-corrected chi connectivity index (χ4v) is 2.07. The SMILES string of the molecule is CCNCc1cnc(CCOCCOC)s1. The summed E-state index contributed by atoms with van der Waals surface area (Å²) < 4.78 is 10.3. The van der Waals surface area contributed by atoms with Crippen molar-refractivity contribution in [3.05, 3.63) is 16.1 Å². The van der Waals surface area contributed by atoms with Gasteiger partial charge in [0.25, 0.3) is 0 Å². The van der Waals surface area contributed by atoms with E-state index in [1.807, 2.05) is 6.20 Å². The van der Waals surface area contributed by atoms with Crippen LogP contribution in [-0.4, -0.2) is 38.5 Å². The third-order valence-corrected chi connectivity index (χ3v) is 3.10. The maximum absolute atomic E-state index is 5.39. The quantitative estimate of drug-likeness (QED) is 0.668. The third kappa shape index (κ3) is 5.55. The van der Waals surface area contributed by atoms with E-state index >= 15 is 0 Å². The average molecular weight is 244 g/mol. The van der Waals surface area contributed by atoms with Crippen LogP contribution in [0.15, 0.2) is 6.20 Å². The van der Waals surface area contributed by atoms with E-state index in [0.717, 1.165) is 31.1 Å². The van der Waals surface area contributed by atoms with Gasteiger partial charge in [0.2, 0.25) is 0 Å². The fraction of sp³-hybridized carbons (Fsp3) is 0.727. The summed E-state index contributed by atoms with van der Waals surface area (Å²) >= 11 is 1.75. The highest BCUT2D eigenvalue weighted by Gasteiger charge is 2.01. The molecule has 0 unspecified atom stereocenters. The number of ether oxygens (including phenoxy) is 2. The van der Waals surface area contributed by atoms with Crippen LogP contribution in [0.4, 0.5) is 0 Å². The maximum atomic E-state index is 5.39. The van der Waals surface area contributed by atoms with E-state index in [1.54, 1.807) is 18.4 Å². The standard InChI is InChI=1S/C11H20N2O2S/c1-3-12-8-10-9-13-11(16-10)4-5-15-7-6-14-2/h9,12H,3-8H2,1-2H3. The first-order valence-corrected chi connectivity index (χ1v) is 6.39. The molecule has 0 aromatic carbocycles. The summed E-state index contributed by atoms with van der Waals surface area (Å²) in [6, 6.07) is 0. The van der Waals surface area contributed by atoms with Crippen molar-refractivity contribution in [3.63, 3.8) is 0 Å². The second-order valence-corrected chi connectivity index (χ2v) is 4.56. The van der Waals surface area contributed by atoms with Crippen molar-refractivity contribution in [2.75, 3.05) is 33.5 Å². The van der Waals surface area contributed by atoms with E-state index in [0.29, 0.717) is 13.2 Å². The lowest BCUT2D eigenvalue weighted by molar-refractivity contribution is 0.0722. The first-order valence-electron chi connectivity index (χ1n) is 5.57. The predicted molar refractivity (Wildman–Crippen MR) is 65.9 cm³/mol. The van der Waals surface area contributed by atoms with Crippen LogP contribution in [0.3, 0.4) is 0 Å². The Balaban J connectivity index is 2.14. The molecule has 4 nitrogen and oxygen atoms in total. The van der Waals surface area contributed by atoms with Crippen molar-refractivity contribution in [3.8, 4) is 0 Å². The van der Waals surface area contributed by atoms with Crippen LogP contribution in [0.5, 0.6) is 0 Å². The fourth-order valence-electron chi connectivity index (χ4n) is 1.20. The molecule has 1 aromatic heterocycles. The molecular formula is C11H20N2O2S. The molecule has 1 N–H and O–H groups in total. The molecule has 92 valence electrons. The zero-order valence-electron chi connectivity index (χ0n) is 9.99. The Kier molecular flexibility index (Phi) is 7.33. The number of aromatic nitrogens is 1. The molecule has 0 bridgehead atoms. The lowest BCUT2D eigenvalue weighted by Gasteiger charge is -2.00. The maximum Gasteiger partial charge on any atom is 0.0951 e. The summed E-state index contributed by atoms with van der Waals surface area (Å²) in [5.41, 5.74) is 0. The highest BCUT2D eigenvalue weighted by molar-refractivity contribution is 7.11. The van der Waals surface area contributed by atoms with Crippen LogP contribution < -0.4 is 5.32 Å². The normalized spacial score (nSPS) is 10.9. The van der Waals surface area contributed by atoms with Crippen LogP contribution in [0.2, 0.25) is 0 Å². The van der Waals surface area contributed by atoms with Crippen molar-refractivity contribution < 1.29 is 9.47 Å². The largest absolute Gasteiger partial charge is 0.382 e. The lowest BCUT2D eigenvalue weighted by Crippen LogP contribution is -2.10. The van der Waals surface area contributed by atoms with Crippen LogP contribution in [-0.2, 0) is 22.4 Å². The molecular weight excluding hydrogens is 224 g/mol. The Hall–Kier alpha value is -0.490. The number of thiazole rings is 1. The number of methoxy groups -OCH3 is 1. The first kappa shape index (κ1) is 13.6. The molecule has 1 aromatic rings. The minimum absolute atomic E-state index is 0.656. The number of nitrogens with zero attached hydrogens (tertiary/aromatic N) is 1. The highest BCUT2D eigenvalue weighted by Crippen LogP contribution is 2.13. The van der Waals surface area contributed by atoms with Gasteiger partial charge in [-0.15, -0.1) is 11.3 Å². The molecule has 0 atom stereocenters. The van der Waals surface area contributed by atoms with Crippen molar-refractivity contribution >= 4 is 11.3 Å². The highest BCUT2D eigenvalue weighted by atomic mass is 32.1. The van der Waals surface area contributed by atoms with Crippen LogP contribution in [0.25, 0.3) is 0 Å². The van der Waals surface area contributed by atoms with Crippen LogP contribution in [0, 0.1) is 0 Å². The van der Waals surface area contributed by atoms with Crippen molar-refractivity contribution in [1.82, 2.24) is 10.3 Å². The van der Waals surface area contributed by atoms with E-state index in [-0.39, 0.29) is 0 Å². The van der Waals surface area contributed by atoms with Gasteiger partial charge >= 0.3 is 0 Å². The van der Waals surface area contributed by atoms with E-state index in [9.17, 15) is 0 Å². The van der Waals surface area contributed by atoms with Gasteiger partial charge in [0.15, 0.2) is 0 Å². The molecule has 0 saturated heterocycles. The molecule has 16 heavy (non-hydrogen) atoms. The van der Waals surface area contributed by atoms with Crippen LogP contribution >= 0.6 is 11.3 Å². The first-order chi connectivity index (χ1) is 7.86. The van der Waals surface area contributed by atoms with Crippen LogP contribution in [0.1, 0.15) is 16.8 Å². The minimum atomic E-state index is 0.656. The Labute approximate surface area is 101 Å². The van der Waals surface area contributed by atoms with Crippen molar-refractivity contribution in [2.45, 2.75) is 19.9 Å². The molecule has 0 fully saturated rings. The third-order valence-electron chi connectivity index (χ3n) is 2.04. The molecule has 0 aliphatic rings. The van der Waals surface area contributed by atoms with Gasteiger partial charge in [-0.3, -0.25) is 0 Å². The summed E-state index contributed by atoms with van der Waals surface area (Å²) in [5, 5.41) is 4.43. The van der Waals surface area contributed by atoms with E-state index in [2.05, 4.69) is 17.2 Å². The molecule has 0 radical (unpaired) electrons. The van der Waals surface area contributed by atoms with E-state index < -0.39 is 0 Å². The number of hydrogen-bond donors (Lipinski definition) is 1. The van der Waals surface area contributed by atoms with Gasteiger partial charge in [-0.05, 0) is 6.54 Å². The Bertz CT molecular complexity index is 279. The lowest BCUT2D eigenvalue weighted by atomic mass is 10.5. The molecule has 0 aliphatic heterocycles. The molecule has 0 spiro atoms. The van der Waals surface area contributed by atoms with E-state index in [1.165, 1.54) is 4.88 Å². The second kappa shape index (κ2) is 8.64. The molecule has 5 heteroatoms. The monoisotopic (exact) mass is 244 g/mol. The zero-order chi connectivity index (χ0) is 11.6. The van der Waals surface area contributed by atoms with Gasteiger partial charge < -0.3 is 14.8 Å². The topological polar surface area (TPSA) is 43.4 Å². The molecule has 1 heterocycles. The summed E-state index contributed by atoms with van der Waals surface area (Å²) in [4.78, 5) is 5.64. The Morgan fingerprint density at radius 2 is 2.25 bits per heavy atom. The average Bonchev–Trinajstić information content (AvgIpc) is 2.74. The van der Waals surface area contributed by atoms with Gasteiger partial charge in [-0.1, -0.05) is 6.92 Å². The van der Waals surface area contributed by atoms with Crippen molar-refractivity contribution in [1.29, 1.82) is 0 Å². The summed E-state index contributed by atoms with van der Waals surface area (Å²) in [5.74, 6) is 0. The van der Waals surface area contributed by atoms with Gasteiger partial charge in [0.05, 0.1) is 24.8 Å². The summed E-state index contributed by atoms with van der Waals surface area (Å²) in [7, 11) is 1.68. The Morgan fingerprint density at radius 1 is 1.38 bits per heavy atom. The molecule has 1 rings (SSSR count). The second-order valence-electron chi connectivity index (χ2n) is 3.36. The number of hydrogen-bond acceptors (Lipinski definition) is 5. The van der Waals surface area contributed by atoms with Gasteiger partial charge in [0.1, 0.15) is 0 Å². The smallest absolute Gasteiger partial charge is 0.0951 e.